The molecule has 6 nitrogen and oxygen atoms in total. The summed E-state index contributed by atoms with van der Waals surface area (Å²) >= 11 is 0. The van der Waals surface area contributed by atoms with E-state index in [4.69, 9.17) is 4.74 Å². The number of carbonyl (C=O) groups excluding carboxylic acids is 2. The topological polar surface area (TPSA) is 79.5 Å². The fraction of sp³-hybridized carbons (Fsp3) is 0.333. The third kappa shape index (κ3) is 5.74. The molecule has 0 saturated carbocycles. The molecule has 0 aliphatic rings. The number of ether oxygens (including phenoxy) is 1. The van der Waals surface area contributed by atoms with Crippen LogP contribution in [0.2, 0.25) is 0 Å². The quantitative estimate of drug-likeness (QED) is 0.667. The molecular formula is C21H27N3O3. The zero-order chi connectivity index (χ0) is 19.8. The Labute approximate surface area is 160 Å². The molecule has 0 radical (unpaired) electrons. The van der Waals surface area contributed by atoms with Crippen molar-refractivity contribution in [2.45, 2.75) is 33.7 Å². The van der Waals surface area contributed by atoms with E-state index in [1.165, 1.54) is 0 Å². The number of aryl methyl sites for hydroxylation is 2. The monoisotopic (exact) mass is 369 g/mol. The lowest BCUT2D eigenvalue weighted by atomic mass is 10.1. The molecule has 0 bridgehead atoms. The van der Waals surface area contributed by atoms with Gasteiger partial charge in [-0.3, -0.25) is 9.59 Å². The van der Waals surface area contributed by atoms with Crippen LogP contribution in [0, 0.1) is 13.8 Å². The van der Waals surface area contributed by atoms with E-state index in [1.54, 1.807) is 6.92 Å². The first-order valence-electron chi connectivity index (χ1n) is 9.04. The fourth-order valence-electron chi connectivity index (χ4n) is 2.68. The molecule has 2 rings (SSSR count). The standard InChI is InChI=1S/C21H27N3O3/c1-5-27-18-12-7-6-11-17(18)23-16(4)21(26)22-13-19(25)24-20-14(2)9-8-10-15(20)3/h6-12,16,23H,5,13H2,1-4H3,(H,22,26)(H,24,25)/t16-/m1/s1. The van der Waals surface area contributed by atoms with Crippen LogP contribution in [0.15, 0.2) is 42.5 Å². The van der Waals surface area contributed by atoms with Crippen molar-refractivity contribution in [3.05, 3.63) is 53.6 Å². The molecule has 6 heteroatoms. The summed E-state index contributed by atoms with van der Waals surface area (Å²) < 4.78 is 5.55. The third-order valence-corrected chi connectivity index (χ3v) is 4.12. The Morgan fingerprint density at radius 1 is 1.04 bits per heavy atom. The molecule has 2 amide bonds. The van der Waals surface area contributed by atoms with Gasteiger partial charge in [0.15, 0.2) is 0 Å². The average Bonchev–Trinajstić information content (AvgIpc) is 2.64. The van der Waals surface area contributed by atoms with Crippen molar-refractivity contribution < 1.29 is 14.3 Å². The summed E-state index contributed by atoms with van der Waals surface area (Å²) in [5.74, 6) is 0.160. The van der Waals surface area contributed by atoms with Crippen molar-refractivity contribution in [1.82, 2.24) is 5.32 Å². The van der Waals surface area contributed by atoms with E-state index in [0.717, 1.165) is 22.5 Å². The van der Waals surface area contributed by atoms with Crippen LogP contribution in [0.5, 0.6) is 5.75 Å². The summed E-state index contributed by atoms with van der Waals surface area (Å²) in [6, 6.07) is 12.7. The average molecular weight is 369 g/mol. The second-order valence-electron chi connectivity index (χ2n) is 6.33. The minimum absolute atomic E-state index is 0.0915. The molecule has 0 unspecified atom stereocenters. The molecule has 2 aromatic carbocycles. The SMILES string of the molecule is CCOc1ccccc1N[C@H](C)C(=O)NCC(=O)Nc1c(C)cccc1C. The number of amides is 2. The maximum absolute atomic E-state index is 12.3. The summed E-state index contributed by atoms with van der Waals surface area (Å²) in [6.45, 7) is 7.96. The van der Waals surface area contributed by atoms with E-state index in [0.29, 0.717) is 12.4 Å². The van der Waals surface area contributed by atoms with Gasteiger partial charge in [0.05, 0.1) is 18.8 Å². The largest absolute Gasteiger partial charge is 0.492 e. The maximum Gasteiger partial charge on any atom is 0.243 e. The molecule has 0 fully saturated rings. The Balaban J connectivity index is 1.89. The highest BCUT2D eigenvalue weighted by Gasteiger charge is 2.16. The van der Waals surface area contributed by atoms with Crippen molar-refractivity contribution in [2.24, 2.45) is 0 Å². The molecule has 3 N–H and O–H groups in total. The number of hydrogen-bond donors (Lipinski definition) is 3. The van der Waals surface area contributed by atoms with Crippen molar-refractivity contribution in [3.63, 3.8) is 0 Å². The first kappa shape index (κ1) is 20.3. The number of para-hydroxylation sites is 3. The zero-order valence-corrected chi connectivity index (χ0v) is 16.3. The smallest absolute Gasteiger partial charge is 0.243 e. The normalized spacial score (nSPS) is 11.4. The van der Waals surface area contributed by atoms with Gasteiger partial charge in [0.25, 0.3) is 0 Å². The van der Waals surface area contributed by atoms with Crippen LogP contribution < -0.4 is 20.7 Å². The van der Waals surface area contributed by atoms with Crippen molar-refractivity contribution in [3.8, 4) is 5.75 Å². The Kier molecular flexibility index (Phi) is 7.23. The fourth-order valence-corrected chi connectivity index (χ4v) is 2.68. The van der Waals surface area contributed by atoms with E-state index in [2.05, 4.69) is 16.0 Å². The van der Waals surface area contributed by atoms with Gasteiger partial charge in [0.2, 0.25) is 11.8 Å². The summed E-state index contributed by atoms with van der Waals surface area (Å²) in [5, 5.41) is 8.63. The van der Waals surface area contributed by atoms with E-state index in [9.17, 15) is 9.59 Å². The van der Waals surface area contributed by atoms with E-state index >= 15 is 0 Å². The van der Waals surface area contributed by atoms with Gasteiger partial charge in [-0.15, -0.1) is 0 Å². The molecule has 0 heterocycles. The number of rotatable bonds is 8. The number of hydrogen-bond acceptors (Lipinski definition) is 4. The lowest BCUT2D eigenvalue weighted by Gasteiger charge is -2.18. The Hall–Kier alpha value is -3.02. The Morgan fingerprint density at radius 2 is 1.70 bits per heavy atom. The van der Waals surface area contributed by atoms with Crippen molar-refractivity contribution >= 4 is 23.2 Å². The first-order valence-corrected chi connectivity index (χ1v) is 9.04. The molecular weight excluding hydrogens is 342 g/mol. The van der Waals surface area contributed by atoms with Gasteiger partial charge in [-0.2, -0.15) is 0 Å². The predicted molar refractivity (Wildman–Crippen MR) is 108 cm³/mol. The summed E-state index contributed by atoms with van der Waals surface area (Å²) in [5.41, 5.74) is 3.49. The number of nitrogens with one attached hydrogen (secondary N) is 3. The number of anilines is 2. The third-order valence-electron chi connectivity index (χ3n) is 4.12. The van der Waals surface area contributed by atoms with Gasteiger partial charge in [-0.1, -0.05) is 30.3 Å². The summed E-state index contributed by atoms with van der Waals surface area (Å²) in [4.78, 5) is 24.5. The van der Waals surface area contributed by atoms with Crippen molar-refractivity contribution in [2.75, 3.05) is 23.8 Å². The van der Waals surface area contributed by atoms with Crippen LogP contribution in [0.1, 0.15) is 25.0 Å². The van der Waals surface area contributed by atoms with E-state index in [1.807, 2.05) is 63.2 Å². The molecule has 2 aromatic rings. The Morgan fingerprint density at radius 3 is 2.37 bits per heavy atom. The lowest BCUT2D eigenvalue weighted by Crippen LogP contribution is -2.41. The molecule has 0 aromatic heterocycles. The van der Waals surface area contributed by atoms with Crippen LogP contribution in [0.3, 0.4) is 0 Å². The summed E-state index contributed by atoms with van der Waals surface area (Å²) in [6.07, 6.45) is 0. The highest BCUT2D eigenvalue weighted by Crippen LogP contribution is 2.24. The van der Waals surface area contributed by atoms with E-state index in [-0.39, 0.29) is 18.4 Å². The first-order chi connectivity index (χ1) is 12.9. The maximum atomic E-state index is 12.3. The Bertz CT molecular complexity index is 785. The lowest BCUT2D eigenvalue weighted by molar-refractivity contribution is -0.124. The van der Waals surface area contributed by atoms with Gasteiger partial charge in [0, 0.05) is 5.69 Å². The molecule has 1 atom stereocenters. The van der Waals surface area contributed by atoms with Crippen LogP contribution in [-0.4, -0.2) is 31.0 Å². The summed E-state index contributed by atoms with van der Waals surface area (Å²) in [7, 11) is 0. The molecule has 0 aliphatic heterocycles. The molecule has 0 spiro atoms. The van der Waals surface area contributed by atoms with Crippen molar-refractivity contribution in [1.29, 1.82) is 0 Å². The van der Waals surface area contributed by atoms with E-state index < -0.39 is 6.04 Å². The minimum Gasteiger partial charge on any atom is -0.492 e. The van der Waals surface area contributed by atoms with Crippen LogP contribution in [-0.2, 0) is 9.59 Å². The highest BCUT2D eigenvalue weighted by molar-refractivity contribution is 5.96. The van der Waals surface area contributed by atoms with Crippen LogP contribution >= 0.6 is 0 Å². The molecule has 144 valence electrons. The van der Waals surface area contributed by atoms with Gasteiger partial charge in [-0.05, 0) is 51.0 Å². The highest BCUT2D eigenvalue weighted by atomic mass is 16.5. The van der Waals surface area contributed by atoms with Gasteiger partial charge in [-0.25, -0.2) is 0 Å². The van der Waals surface area contributed by atoms with Gasteiger partial charge in [0.1, 0.15) is 11.8 Å². The zero-order valence-electron chi connectivity index (χ0n) is 16.3. The minimum atomic E-state index is -0.514. The molecule has 27 heavy (non-hydrogen) atoms. The predicted octanol–water partition coefficient (Wildman–Crippen LogP) is 3.26. The van der Waals surface area contributed by atoms with Crippen LogP contribution in [0.4, 0.5) is 11.4 Å². The van der Waals surface area contributed by atoms with Crippen LogP contribution in [0.25, 0.3) is 0 Å². The second-order valence-corrected chi connectivity index (χ2v) is 6.33. The van der Waals surface area contributed by atoms with Gasteiger partial charge < -0.3 is 20.7 Å². The van der Waals surface area contributed by atoms with Gasteiger partial charge >= 0.3 is 0 Å². The molecule has 0 saturated heterocycles. The number of benzene rings is 2. The second kappa shape index (κ2) is 9.62. The number of carbonyl (C=O) groups is 2. The molecule has 0 aliphatic carbocycles.